The van der Waals surface area contributed by atoms with Gasteiger partial charge in [-0.15, -0.1) is 5.10 Å². The van der Waals surface area contributed by atoms with Crippen LogP contribution in [-0.2, 0) is 0 Å². The van der Waals surface area contributed by atoms with E-state index in [4.69, 9.17) is 9.68 Å². The van der Waals surface area contributed by atoms with Gasteiger partial charge in [0, 0.05) is 5.39 Å². The van der Waals surface area contributed by atoms with Crippen molar-refractivity contribution in [1.29, 1.82) is 5.26 Å². The third-order valence-corrected chi connectivity index (χ3v) is 3.58. The van der Waals surface area contributed by atoms with Crippen molar-refractivity contribution in [2.75, 3.05) is 0 Å². The van der Waals surface area contributed by atoms with Crippen molar-refractivity contribution in [3.05, 3.63) is 60.0 Å². The summed E-state index contributed by atoms with van der Waals surface area (Å²) < 4.78 is 18.8. The Balaban J connectivity index is 1.81. The van der Waals surface area contributed by atoms with Gasteiger partial charge in [0.15, 0.2) is 17.1 Å². The Morgan fingerprint density at radius 1 is 1.00 bits per heavy atom. The Morgan fingerprint density at radius 2 is 1.78 bits per heavy atom. The summed E-state index contributed by atoms with van der Waals surface area (Å²) in [6, 6.07) is 15.8. The average molecular weight is 304 g/mol. The molecule has 5 nitrogen and oxygen atoms in total. The third-order valence-electron chi connectivity index (χ3n) is 3.58. The second-order valence-corrected chi connectivity index (χ2v) is 5.00. The Labute approximate surface area is 130 Å². The largest absolute Gasteiger partial charge is 0.454 e. The number of aromatic nitrogens is 3. The van der Waals surface area contributed by atoms with Crippen LogP contribution in [0, 0.1) is 17.1 Å². The maximum Gasteiger partial charge on any atom is 0.193 e. The fraction of sp³-hybridized carbons (Fsp3) is 0. The van der Waals surface area contributed by atoms with Crippen LogP contribution in [0.1, 0.15) is 5.69 Å². The fourth-order valence-corrected chi connectivity index (χ4v) is 2.46. The van der Waals surface area contributed by atoms with Crippen molar-refractivity contribution >= 4 is 11.0 Å². The summed E-state index contributed by atoms with van der Waals surface area (Å²) in [6.07, 6.45) is 0. The van der Waals surface area contributed by atoms with Gasteiger partial charge >= 0.3 is 0 Å². The lowest BCUT2D eigenvalue weighted by Crippen LogP contribution is -1.78. The molecule has 23 heavy (non-hydrogen) atoms. The molecule has 110 valence electrons. The molecule has 0 bridgehead atoms. The molecule has 0 fully saturated rings. The van der Waals surface area contributed by atoms with E-state index in [0.29, 0.717) is 17.0 Å². The summed E-state index contributed by atoms with van der Waals surface area (Å²) in [5.74, 6) is 0.206. The van der Waals surface area contributed by atoms with Gasteiger partial charge in [-0.3, -0.25) is 0 Å². The molecule has 2 heterocycles. The molecule has 0 unspecified atom stereocenters. The van der Waals surface area contributed by atoms with Gasteiger partial charge < -0.3 is 4.42 Å². The minimum atomic E-state index is -0.268. The first-order valence-corrected chi connectivity index (χ1v) is 6.85. The molecular formula is C17H9FN4O. The molecule has 0 radical (unpaired) electrons. The molecule has 0 spiro atoms. The predicted molar refractivity (Wildman–Crippen MR) is 81.7 cm³/mol. The Hall–Kier alpha value is -3.46. The molecule has 0 aliphatic heterocycles. The highest BCUT2D eigenvalue weighted by molar-refractivity contribution is 5.87. The molecule has 0 saturated heterocycles. The molecule has 0 aliphatic rings. The van der Waals surface area contributed by atoms with Crippen molar-refractivity contribution in [3.8, 4) is 28.7 Å². The Kier molecular flexibility index (Phi) is 2.91. The highest BCUT2D eigenvalue weighted by Gasteiger charge is 2.15. The summed E-state index contributed by atoms with van der Waals surface area (Å²) in [6.45, 7) is 0. The topological polar surface area (TPSA) is 78.5 Å². The van der Waals surface area contributed by atoms with Crippen LogP contribution in [0.25, 0.3) is 33.6 Å². The molecule has 2 aromatic heterocycles. The standard InChI is InChI=1S/C17H9FN4O/c18-13-4-1-10(2-5-13)11-3-6-15-12(7-11)8-16(23-15)17-14(9-19)20-22-21-17/h1-8H,(H,20,21,22). The molecule has 6 heteroatoms. The lowest BCUT2D eigenvalue weighted by atomic mass is 10.0. The van der Waals surface area contributed by atoms with E-state index >= 15 is 0 Å². The van der Waals surface area contributed by atoms with E-state index in [1.807, 2.05) is 24.3 Å². The number of nitriles is 1. The summed E-state index contributed by atoms with van der Waals surface area (Å²) in [7, 11) is 0. The lowest BCUT2D eigenvalue weighted by Gasteiger charge is -2.01. The number of aromatic amines is 1. The molecule has 0 saturated carbocycles. The molecule has 0 atom stereocenters. The minimum absolute atomic E-state index is 0.183. The van der Waals surface area contributed by atoms with E-state index < -0.39 is 0 Å². The summed E-state index contributed by atoms with van der Waals surface area (Å²) in [4.78, 5) is 0. The monoisotopic (exact) mass is 304 g/mol. The number of hydrogen-bond donors (Lipinski definition) is 1. The van der Waals surface area contributed by atoms with Crippen molar-refractivity contribution in [2.24, 2.45) is 0 Å². The molecule has 2 aromatic carbocycles. The Bertz CT molecular complexity index is 1040. The number of nitrogens with one attached hydrogen (secondary N) is 1. The highest BCUT2D eigenvalue weighted by Crippen LogP contribution is 2.31. The first-order valence-electron chi connectivity index (χ1n) is 6.85. The SMILES string of the molecule is N#Cc1n[nH]nc1-c1cc2cc(-c3ccc(F)cc3)ccc2o1. The van der Waals surface area contributed by atoms with E-state index in [2.05, 4.69) is 15.4 Å². The third kappa shape index (κ3) is 2.24. The lowest BCUT2D eigenvalue weighted by molar-refractivity contribution is 0.627. The van der Waals surface area contributed by atoms with E-state index in [0.717, 1.165) is 16.5 Å². The van der Waals surface area contributed by atoms with Gasteiger partial charge in [0.25, 0.3) is 0 Å². The van der Waals surface area contributed by atoms with Crippen LogP contribution in [0.4, 0.5) is 4.39 Å². The maximum absolute atomic E-state index is 13.0. The van der Waals surface area contributed by atoms with Gasteiger partial charge in [0.1, 0.15) is 17.5 Å². The number of furan rings is 1. The zero-order valence-electron chi connectivity index (χ0n) is 11.7. The van der Waals surface area contributed by atoms with Gasteiger partial charge in [0.2, 0.25) is 0 Å². The van der Waals surface area contributed by atoms with E-state index in [9.17, 15) is 4.39 Å². The van der Waals surface area contributed by atoms with Crippen LogP contribution in [-0.4, -0.2) is 15.4 Å². The summed E-state index contributed by atoms with van der Waals surface area (Å²) in [5.41, 5.74) is 3.10. The summed E-state index contributed by atoms with van der Waals surface area (Å²) in [5, 5.41) is 20.0. The number of hydrogen-bond acceptors (Lipinski definition) is 4. The maximum atomic E-state index is 13.0. The van der Waals surface area contributed by atoms with Gasteiger partial charge in [-0.1, -0.05) is 18.2 Å². The number of benzene rings is 2. The number of nitrogens with zero attached hydrogens (tertiary/aromatic N) is 3. The molecular weight excluding hydrogens is 295 g/mol. The molecule has 4 aromatic rings. The van der Waals surface area contributed by atoms with E-state index in [1.54, 1.807) is 18.2 Å². The quantitative estimate of drug-likeness (QED) is 0.609. The number of H-pyrrole nitrogens is 1. The van der Waals surface area contributed by atoms with Crippen LogP contribution >= 0.6 is 0 Å². The Morgan fingerprint density at radius 3 is 2.57 bits per heavy atom. The average Bonchev–Trinajstić information content (AvgIpc) is 3.20. The van der Waals surface area contributed by atoms with Crippen LogP contribution < -0.4 is 0 Å². The second kappa shape index (κ2) is 5.07. The fourth-order valence-electron chi connectivity index (χ4n) is 2.46. The zero-order valence-corrected chi connectivity index (χ0v) is 11.7. The molecule has 1 N–H and O–H groups in total. The normalized spacial score (nSPS) is 10.8. The predicted octanol–water partition coefficient (Wildman–Crippen LogP) is 3.90. The van der Waals surface area contributed by atoms with E-state index in [1.165, 1.54) is 12.1 Å². The smallest absolute Gasteiger partial charge is 0.193 e. The van der Waals surface area contributed by atoms with Crippen LogP contribution in [0.2, 0.25) is 0 Å². The van der Waals surface area contributed by atoms with Gasteiger partial charge in [-0.05, 0) is 41.5 Å². The summed E-state index contributed by atoms with van der Waals surface area (Å²) >= 11 is 0. The zero-order chi connectivity index (χ0) is 15.8. The minimum Gasteiger partial charge on any atom is -0.454 e. The van der Waals surface area contributed by atoms with Crippen molar-refractivity contribution in [2.45, 2.75) is 0 Å². The molecule has 0 aliphatic carbocycles. The van der Waals surface area contributed by atoms with Crippen LogP contribution in [0.5, 0.6) is 0 Å². The molecule has 4 rings (SSSR count). The molecule has 0 amide bonds. The second-order valence-electron chi connectivity index (χ2n) is 5.00. The van der Waals surface area contributed by atoms with Gasteiger partial charge in [-0.25, -0.2) is 4.39 Å². The van der Waals surface area contributed by atoms with Gasteiger partial charge in [0.05, 0.1) is 0 Å². The first-order chi connectivity index (χ1) is 11.2. The van der Waals surface area contributed by atoms with Crippen LogP contribution in [0.3, 0.4) is 0 Å². The highest BCUT2D eigenvalue weighted by atomic mass is 19.1. The first kappa shape index (κ1) is 13.2. The number of halogens is 1. The number of rotatable bonds is 2. The van der Waals surface area contributed by atoms with Crippen LogP contribution in [0.15, 0.2) is 52.9 Å². The van der Waals surface area contributed by atoms with Crippen molar-refractivity contribution < 1.29 is 8.81 Å². The van der Waals surface area contributed by atoms with E-state index in [-0.39, 0.29) is 11.5 Å². The van der Waals surface area contributed by atoms with Crippen molar-refractivity contribution in [3.63, 3.8) is 0 Å². The van der Waals surface area contributed by atoms with Gasteiger partial charge in [-0.2, -0.15) is 15.6 Å². The number of fused-ring (bicyclic) bond motifs is 1. The van der Waals surface area contributed by atoms with Crippen molar-refractivity contribution in [1.82, 2.24) is 15.4 Å².